The summed E-state index contributed by atoms with van der Waals surface area (Å²) >= 11 is 0. The summed E-state index contributed by atoms with van der Waals surface area (Å²) in [6.07, 6.45) is 0.787. The number of nitrogens with one attached hydrogen (secondary N) is 2. The standard InChI is InChI=1S/C24H32N6O5/c25-18(13-16-8-10-17(31)11-9-16)21(32)29-19(7-4-12-28-24(26)27)22(33)30-20(23(34)35)14-15-5-2-1-3-6-15/h1-3,5-6,8-11,18-20,31H,4,7,12-14,25H2,(H,29,32)(H,30,33)(H,34,35)(H4,26,27,28). The molecule has 0 fully saturated rings. The molecular formula is C24H32N6O5. The highest BCUT2D eigenvalue weighted by atomic mass is 16.4. The number of aromatic hydroxyl groups is 1. The Morgan fingerprint density at radius 2 is 1.46 bits per heavy atom. The molecule has 3 atom stereocenters. The van der Waals surface area contributed by atoms with Gasteiger partial charge in [-0.3, -0.25) is 14.6 Å². The minimum absolute atomic E-state index is 0.0803. The number of carboxylic acid groups (broad SMARTS) is 1. The summed E-state index contributed by atoms with van der Waals surface area (Å²) in [5.41, 5.74) is 18.1. The second kappa shape index (κ2) is 13.6. The van der Waals surface area contributed by atoms with Gasteiger partial charge in [-0.25, -0.2) is 4.79 Å². The molecule has 2 rings (SSSR count). The number of phenolic OH excluding ortho intramolecular Hbond substituents is 1. The number of guanidine groups is 1. The van der Waals surface area contributed by atoms with E-state index in [9.17, 15) is 24.6 Å². The lowest BCUT2D eigenvalue weighted by Crippen LogP contribution is -2.55. The minimum Gasteiger partial charge on any atom is -0.508 e. The summed E-state index contributed by atoms with van der Waals surface area (Å²) in [4.78, 5) is 41.4. The smallest absolute Gasteiger partial charge is 0.326 e. The van der Waals surface area contributed by atoms with Crippen LogP contribution >= 0.6 is 0 Å². The summed E-state index contributed by atoms with van der Waals surface area (Å²) in [6.45, 7) is 0.230. The third-order valence-electron chi connectivity index (χ3n) is 5.20. The molecule has 188 valence electrons. The Hall–Kier alpha value is -4.12. The van der Waals surface area contributed by atoms with Gasteiger partial charge < -0.3 is 38.0 Å². The van der Waals surface area contributed by atoms with Crippen LogP contribution in [0.1, 0.15) is 24.0 Å². The van der Waals surface area contributed by atoms with Crippen LogP contribution in [0.4, 0.5) is 0 Å². The number of nitrogens with two attached hydrogens (primary N) is 3. The van der Waals surface area contributed by atoms with E-state index in [1.54, 1.807) is 42.5 Å². The molecule has 0 saturated carbocycles. The van der Waals surface area contributed by atoms with E-state index in [1.807, 2.05) is 0 Å². The molecule has 2 amide bonds. The summed E-state index contributed by atoms with van der Waals surface area (Å²) in [6, 6.07) is 11.9. The molecule has 2 aromatic carbocycles. The van der Waals surface area contributed by atoms with Crippen molar-refractivity contribution in [1.82, 2.24) is 10.6 Å². The Bertz CT molecular complexity index is 1010. The van der Waals surface area contributed by atoms with Crippen LogP contribution in [-0.4, -0.2) is 58.6 Å². The Morgan fingerprint density at radius 1 is 0.857 bits per heavy atom. The maximum absolute atomic E-state index is 13.0. The van der Waals surface area contributed by atoms with Gasteiger partial charge in [-0.1, -0.05) is 42.5 Å². The number of amides is 2. The van der Waals surface area contributed by atoms with E-state index in [0.717, 1.165) is 11.1 Å². The molecule has 0 aliphatic carbocycles. The zero-order valence-corrected chi connectivity index (χ0v) is 19.3. The normalized spacial score (nSPS) is 13.2. The predicted octanol–water partition coefficient (Wildman–Crippen LogP) is -0.387. The van der Waals surface area contributed by atoms with Gasteiger partial charge >= 0.3 is 5.97 Å². The maximum atomic E-state index is 13.0. The van der Waals surface area contributed by atoms with Crippen molar-refractivity contribution in [2.24, 2.45) is 22.2 Å². The first kappa shape index (κ1) is 27.1. The first-order valence-corrected chi connectivity index (χ1v) is 11.1. The molecule has 0 spiro atoms. The Morgan fingerprint density at radius 3 is 2.06 bits per heavy atom. The van der Waals surface area contributed by atoms with Crippen LogP contribution in [-0.2, 0) is 27.2 Å². The number of rotatable bonds is 13. The first-order chi connectivity index (χ1) is 16.7. The predicted molar refractivity (Wildman–Crippen MR) is 131 cm³/mol. The number of phenols is 1. The van der Waals surface area contributed by atoms with Gasteiger partial charge in [-0.15, -0.1) is 0 Å². The van der Waals surface area contributed by atoms with Gasteiger partial charge in [0.2, 0.25) is 11.8 Å². The summed E-state index contributed by atoms with van der Waals surface area (Å²) in [7, 11) is 0. The zero-order valence-electron chi connectivity index (χ0n) is 19.3. The summed E-state index contributed by atoms with van der Waals surface area (Å²) in [5.74, 6) is -2.43. The molecule has 35 heavy (non-hydrogen) atoms. The van der Waals surface area contributed by atoms with Crippen molar-refractivity contribution < 1.29 is 24.6 Å². The van der Waals surface area contributed by atoms with E-state index in [-0.39, 0.29) is 37.5 Å². The van der Waals surface area contributed by atoms with E-state index in [1.165, 1.54) is 12.1 Å². The van der Waals surface area contributed by atoms with Crippen molar-refractivity contribution in [2.75, 3.05) is 6.54 Å². The average molecular weight is 485 g/mol. The Kier molecular flexibility index (Phi) is 10.5. The van der Waals surface area contributed by atoms with Crippen molar-refractivity contribution in [1.29, 1.82) is 0 Å². The number of carbonyl (C=O) groups is 3. The van der Waals surface area contributed by atoms with Crippen molar-refractivity contribution >= 4 is 23.7 Å². The number of benzene rings is 2. The van der Waals surface area contributed by atoms with Gasteiger partial charge in [0.15, 0.2) is 5.96 Å². The molecular weight excluding hydrogens is 452 g/mol. The number of nitrogens with zero attached hydrogens (tertiary/aromatic N) is 1. The van der Waals surface area contributed by atoms with Crippen LogP contribution in [0.15, 0.2) is 59.6 Å². The van der Waals surface area contributed by atoms with Gasteiger partial charge in [0.05, 0.1) is 6.04 Å². The topological polar surface area (TPSA) is 206 Å². The maximum Gasteiger partial charge on any atom is 0.326 e. The highest BCUT2D eigenvalue weighted by Crippen LogP contribution is 2.11. The number of hydrogen-bond acceptors (Lipinski definition) is 6. The molecule has 2 aromatic rings. The fraction of sp³-hybridized carbons (Fsp3) is 0.333. The van der Waals surface area contributed by atoms with Gasteiger partial charge in [0, 0.05) is 13.0 Å². The van der Waals surface area contributed by atoms with Gasteiger partial charge in [-0.2, -0.15) is 0 Å². The number of carbonyl (C=O) groups excluding carboxylic acids is 2. The van der Waals surface area contributed by atoms with Crippen LogP contribution in [0, 0.1) is 0 Å². The summed E-state index contributed by atoms with van der Waals surface area (Å²) in [5, 5.41) is 24.1. The lowest BCUT2D eigenvalue weighted by Gasteiger charge is -2.23. The molecule has 11 nitrogen and oxygen atoms in total. The fourth-order valence-corrected chi connectivity index (χ4v) is 3.35. The Balaban J connectivity index is 2.07. The van der Waals surface area contributed by atoms with Crippen molar-refractivity contribution in [3.8, 4) is 5.75 Å². The average Bonchev–Trinajstić information content (AvgIpc) is 2.82. The van der Waals surface area contributed by atoms with E-state index >= 15 is 0 Å². The van der Waals surface area contributed by atoms with Crippen LogP contribution < -0.4 is 27.8 Å². The fourth-order valence-electron chi connectivity index (χ4n) is 3.35. The quantitative estimate of drug-likeness (QED) is 0.113. The van der Waals surface area contributed by atoms with Crippen LogP contribution in [0.2, 0.25) is 0 Å². The molecule has 0 heterocycles. The number of hydrogen-bond donors (Lipinski definition) is 7. The second-order valence-corrected chi connectivity index (χ2v) is 8.08. The number of aliphatic imine (C=N–C) groups is 1. The third-order valence-corrected chi connectivity index (χ3v) is 5.20. The van der Waals surface area contributed by atoms with Gasteiger partial charge in [0.25, 0.3) is 0 Å². The lowest BCUT2D eigenvalue weighted by atomic mass is 10.0. The van der Waals surface area contributed by atoms with Crippen molar-refractivity contribution in [3.63, 3.8) is 0 Å². The highest BCUT2D eigenvalue weighted by molar-refractivity contribution is 5.92. The van der Waals surface area contributed by atoms with Crippen molar-refractivity contribution in [2.45, 2.75) is 43.8 Å². The van der Waals surface area contributed by atoms with E-state index in [4.69, 9.17) is 17.2 Å². The second-order valence-electron chi connectivity index (χ2n) is 8.08. The number of carboxylic acids is 1. The van der Waals surface area contributed by atoms with Gasteiger partial charge in [-0.05, 0) is 42.5 Å². The molecule has 11 heteroatoms. The molecule has 0 aromatic heterocycles. The van der Waals surface area contributed by atoms with E-state index in [0.29, 0.717) is 6.42 Å². The molecule has 0 aliphatic heterocycles. The van der Waals surface area contributed by atoms with E-state index in [2.05, 4.69) is 15.6 Å². The summed E-state index contributed by atoms with van der Waals surface area (Å²) < 4.78 is 0. The van der Waals surface area contributed by atoms with Crippen LogP contribution in [0.5, 0.6) is 5.75 Å². The SMILES string of the molecule is NC(N)=NCCCC(NC(=O)C(N)Cc1ccc(O)cc1)C(=O)NC(Cc1ccccc1)C(=O)O. The zero-order chi connectivity index (χ0) is 25.8. The lowest BCUT2D eigenvalue weighted by molar-refractivity contribution is -0.142. The third kappa shape index (κ3) is 9.72. The molecule has 0 aliphatic rings. The first-order valence-electron chi connectivity index (χ1n) is 11.1. The Labute approximate surface area is 203 Å². The largest absolute Gasteiger partial charge is 0.508 e. The van der Waals surface area contributed by atoms with Gasteiger partial charge in [0.1, 0.15) is 17.8 Å². The molecule has 0 saturated heterocycles. The van der Waals surface area contributed by atoms with E-state index < -0.39 is 35.9 Å². The molecule has 10 N–H and O–H groups in total. The molecule has 3 unspecified atom stereocenters. The number of aliphatic carboxylic acids is 1. The molecule has 0 bridgehead atoms. The highest BCUT2D eigenvalue weighted by Gasteiger charge is 2.28. The molecule has 0 radical (unpaired) electrons. The van der Waals surface area contributed by atoms with Crippen molar-refractivity contribution in [3.05, 3.63) is 65.7 Å². The van der Waals surface area contributed by atoms with Crippen LogP contribution in [0.25, 0.3) is 0 Å². The monoisotopic (exact) mass is 484 g/mol. The minimum atomic E-state index is -1.20. The van der Waals surface area contributed by atoms with Crippen LogP contribution in [0.3, 0.4) is 0 Å².